The summed E-state index contributed by atoms with van der Waals surface area (Å²) in [4.78, 5) is 0. The van der Waals surface area contributed by atoms with Crippen LogP contribution < -0.4 is 0 Å². The van der Waals surface area contributed by atoms with Crippen LogP contribution in [0.15, 0.2) is 54.6 Å². The Morgan fingerprint density at radius 3 is 2.65 bits per heavy atom. The summed E-state index contributed by atoms with van der Waals surface area (Å²) in [6.07, 6.45) is 13.9. The van der Waals surface area contributed by atoms with Crippen molar-refractivity contribution in [1.82, 2.24) is 0 Å². The summed E-state index contributed by atoms with van der Waals surface area (Å²) >= 11 is 0. The molecule has 3 rings (SSSR count). The van der Waals surface area contributed by atoms with Crippen molar-refractivity contribution in [3.05, 3.63) is 60.2 Å². The molecule has 2 saturated heterocycles. The molecule has 3 heteroatoms. The standard InChI is InChI=1S/C23H32O3/c1-2-18(24)10-6-7-11-20-21(23-15-14-22(20)26-23)13-12-19(25)16-17-8-4-3-5-9-17/h3-9,12-13,18-25H,2,10-11,14-16H2,1H3/t18-,19?,20-,21?,22-,23+/m1/s1. The van der Waals surface area contributed by atoms with E-state index in [2.05, 4.69) is 30.4 Å². The van der Waals surface area contributed by atoms with E-state index in [4.69, 9.17) is 4.74 Å². The minimum Gasteiger partial charge on any atom is -0.393 e. The van der Waals surface area contributed by atoms with Gasteiger partial charge in [-0.1, -0.05) is 61.6 Å². The van der Waals surface area contributed by atoms with Crippen LogP contribution in [0, 0.1) is 11.8 Å². The van der Waals surface area contributed by atoms with Gasteiger partial charge >= 0.3 is 0 Å². The molecule has 2 N–H and O–H groups in total. The highest BCUT2D eigenvalue weighted by Gasteiger charge is 2.46. The first-order chi connectivity index (χ1) is 12.7. The Morgan fingerprint density at radius 1 is 1.12 bits per heavy atom. The van der Waals surface area contributed by atoms with Crippen LogP contribution in [-0.4, -0.2) is 34.6 Å². The van der Waals surface area contributed by atoms with E-state index in [1.165, 1.54) is 0 Å². The minimum absolute atomic E-state index is 0.230. The van der Waals surface area contributed by atoms with Crippen LogP contribution >= 0.6 is 0 Å². The predicted octanol–water partition coefficient (Wildman–Crippen LogP) is 4.05. The number of ether oxygens (including phenoxy) is 1. The van der Waals surface area contributed by atoms with Crippen molar-refractivity contribution in [3.63, 3.8) is 0 Å². The number of fused-ring (bicyclic) bond motifs is 2. The molecule has 6 atom stereocenters. The molecular weight excluding hydrogens is 324 g/mol. The van der Waals surface area contributed by atoms with Gasteiger partial charge in [0.2, 0.25) is 0 Å². The first-order valence-electron chi connectivity index (χ1n) is 10.1. The van der Waals surface area contributed by atoms with E-state index in [-0.39, 0.29) is 6.10 Å². The third kappa shape index (κ3) is 5.06. The maximum atomic E-state index is 10.4. The molecular formula is C23H32O3. The zero-order valence-electron chi connectivity index (χ0n) is 15.7. The molecule has 0 saturated carbocycles. The van der Waals surface area contributed by atoms with Crippen LogP contribution in [0.1, 0.15) is 44.6 Å². The summed E-state index contributed by atoms with van der Waals surface area (Å²) in [7, 11) is 0. The Kier molecular flexibility index (Phi) is 7.07. The third-order valence-electron chi connectivity index (χ3n) is 5.78. The number of aliphatic hydroxyl groups is 2. The molecule has 0 amide bonds. The highest BCUT2D eigenvalue weighted by atomic mass is 16.5. The van der Waals surface area contributed by atoms with Crippen molar-refractivity contribution in [3.8, 4) is 0 Å². The Hall–Kier alpha value is -1.42. The van der Waals surface area contributed by atoms with E-state index in [1.807, 2.05) is 31.2 Å². The van der Waals surface area contributed by atoms with Gasteiger partial charge in [-0.25, -0.2) is 0 Å². The minimum atomic E-state index is -0.451. The average Bonchev–Trinajstić information content (AvgIpc) is 3.25. The van der Waals surface area contributed by atoms with Gasteiger partial charge in [-0.3, -0.25) is 0 Å². The molecule has 2 aliphatic heterocycles. The summed E-state index contributed by atoms with van der Waals surface area (Å²) in [5.74, 6) is 0.879. The van der Waals surface area contributed by atoms with Gasteiger partial charge in [0, 0.05) is 12.3 Å². The van der Waals surface area contributed by atoms with E-state index in [0.717, 1.165) is 37.7 Å². The lowest BCUT2D eigenvalue weighted by Crippen LogP contribution is -2.25. The molecule has 0 radical (unpaired) electrons. The van der Waals surface area contributed by atoms with Gasteiger partial charge in [0.05, 0.1) is 24.4 Å². The Bertz CT molecular complexity index is 595. The second-order valence-corrected chi connectivity index (χ2v) is 7.68. The van der Waals surface area contributed by atoms with Crippen LogP contribution in [0.4, 0.5) is 0 Å². The second-order valence-electron chi connectivity index (χ2n) is 7.68. The van der Waals surface area contributed by atoms with Gasteiger partial charge in [0.25, 0.3) is 0 Å². The number of benzene rings is 1. The van der Waals surface area contributed by atoms with Crippen LogP contribution in [0.2, 0.25) is 0 Å². The van der Waals surface area contributed by atoms with Crippen molar-refractivity contribution in [1.29, 1.82) is 0 Å². The molecule has 2 heterocycles. The van der Waals surface area contributed by atoms with Gasteiger partial charge in [0.1, 0.15) is 0 Å². The quantitative estimate of drug-likeness (QED) is 0.656. The maximum absolute atomic E-state index is 10.4. The van der Waals surface area contributed by atoms with Crippen LogP contribution in [0.5, 0.6) is 0 Å². The molecule has 0 spiro atoms. The van der Waals surface area contributed by atoms with Gasteiger partial charge in [-0.15, -0.1) is 0 Å². The fraction of sp³-hybridized carbons (Fsp3) is 0.565. The zero-order valence-corrected chi connectivity index (χ0v) is 15.7. The van der Waals surface area contributed by atoms with Crippen molar-refractivity contribution in [2.24, 2.45) is 11.8 Å². The van der Waals surface area contributed by atoms with Crippen molar-refractivity contribution < 1.29 is 14.9 Å². The van der Waals surface area contributed by atoms with Gasteiger partial charge in [-0.2, -0.15) is 0 Å². The highest BCUT2D eigenvalue weighted by molar-refractivity contribution is 5.17. The summed E-state index contributed by atoms with van der Waals surface area (Å²) in [6.45, 7) is 2.00. The van der Waals surface area contributed by atoms with Crippen molar-refractivity contribution in [2.75, 3.05) is 0 Å². The fourth-order valence-electron chi connectivity index (χ4n) is 4.24. The number of rotatable bonds is 9. The Balaban J connectivity index is 1.54. The lowest BCUT2D eigenvalue weighted by atomic mass is 9.77. The molecule has 26 heavy (non-hydrogen) atoms. The molecule has 142 valence electrons. The van der Waals surface area contributed by atoms with Gasteiger partial charge in [-0.05, 0) is 43.6 Å². The molecule has 2 bridgehead atoms. The number of hydrogen-bond acceptors (Lipinski definition) is 3. The van der Waals surface area contributed by atoms with E-state index in [9.17, 15) is 10.2 Å². The molecule has 2 fully saturated rings. The highest BCUT2D eigenvalue weighted by Crippen LogP contribution is 2.45. The molecule has 2 aliphatic rings. The smallest absolute Gasteiger partial charge is 0.0761 e. The van der Waals surface area contributed by atoms with Crippen LogP contribution in [-0.2, 0) is 11.2 Å². The summed E-state index contributed by atoms with van der Waals surface area (Å²) in [5, 5.41) is 20.0. The van der Waals surface area contributed by atoms with E-state index < -0.39 is 6.10 Å². The lowest BCUT2D eigenvalue weighted by Gasteiger charge is -2.25. The molecule has 1 aromatic rings. The number of aliphatic hydroxyl groups excluding tert-OH is 2. The molecule has 3 nitrogen and oxygen atoms in total. The van der Waals surface area contributed by atoms with Crippen LogP contribution in [0.25, 0.3) is 0 Å². The number of allylic oxidation sites excluding steroid dienone is 1. The lowest BCUT2D eigenvalue weighted by molar-refractivity contribution is 0.0899. The van der Waals surface area contributed by atoms with Crippen molar-refractivity contribution in [2.45, 2.75) is 69.9 Å². The van der Waals surface area contributed by atoms with E-state index in [0.29, 0.717) is 30.5 Å². The fourth-order valence-corrected chi connectivity index (χ4v) is 4.24. The molecule has 2 unspecified atom stereocenters. The second kappa shape index (κ2) is 9.50. The summed E-state index contributed by atoms with van der Waals surface area (Å²) < 4.78 is 6.13. The Labute approximate surface area is 157 Å². The molecule has 0 aromatic heterocycles. The normalized spacial score (nSPS) is 30.4. The average molecular weight is 357 g/mol. The van der Waals surface area contributed by atoms with Gasteiger partial charge < -0.3 is 14.9 Å². The third-order valence-corrected chi connectivity index (χ3v) is 5.78. The largest absolute Gasteiger partial charge is 0.393 e. The molecule has 1 aromatic carbocycles. The maximum Gasteiger partial charge on any atom is 0.0761 e. The van der Waals surface area contributed by atoms with E-state index in [1.54, 1.807) is 0 Å². The van der Waals surface area contributed by atoms with Gasteiger partial charge in [0.15, 0.2) is 0 Å². The summed E-state index contributed by atoms with van der Waals surface area (Å²) in [5.41, 5.74) is 1.16. The monoisotopic (exact) mass is 356 g/mol. The summed E-state index contributed by atoms with van der Waals surface area (Å²) in [6, 6.07) is 10.1. The topological polar surface area (TPSA) is 49.7 Å². The predicted molar refractivity (Wildman–Crippen MR) is 105 cm³/mol. The van der Waals surface area contributed by atoms with Crippen LogP contribution in [0.3, 0.4) is 0 Å². The zero-order chi connectivity index (χ0) is 18.4. The Morgan fingerprint density at radius 2 is 1.88 bits per heavy atom. The molecule has 0 aliphatic carbocycles. The van der Waals surface area contributed by atoms with E-state index >= 15 is 0 Å². The first-order valence-corrected chi connectivity index (χ1v) is 10.1. The van der Waals surface area contributed by atoms with Crippen molar-refractivity contribution >= 4 is 0 Å². The SMILES string of the molecule is CC[C@@H](O)CC=CC[C@@H]1C(C=CC(O)Cc2ccccc2)[C@@H]2CC[C@H]1O2. The number of hydrogen-bond donors (Lipinski definition) is 2. The first kappa shape index (κ1) is 19.3.